The molecular weight excluding hydrogens is 1660 g/mol. The highest BCUT2D eigenvalue weighted by molar-refractivity contribution is 7.61. The van der Waals surface area contributed by atoms with Gasteiger partial charge in [0.1, 0.15) is 42.7 Å². The minimum absolute atomic E-state index is 0.0255. The molecule has 8 N–H and O–H groups in total. The Morgan fingerprint density at radius 1 is 0.341 bits per heavy atom. The second-order valence-electron chi connectivity index (χ2n) is 37.9. The molecule has 2 aliphatic rings. The number of amides is 1. The fourth-order valence-electron chi connectivity index (χ4n) is 15.5. The summed E-state index contributed by atoms with van der Waals surface area (Å²) < 4.78 is 71.5. The molecule has 0 aromatic heterocycles. The molecule has 0 radical (unpaired) electrons. The molecule has 734 valence electrons. The fourth-order valence-corrected chi connectivity index (χ4v) is 17.7. The number of phosphoric acid groups is 2. The summed E-state index contributed by atoms with van der Waals surface area (Å²) in [6.45, 7) is 43.9. The van der Waals surface area contributed by atoms with E-state index in [-0.39, 0.29) is 12.5 Å². The van der Waals surface area contributed by atoms with Gasteiger partial charge in [0.2, 0.25) is 12.2 Å². The molecule has 0 bridgehead atoms. The molecule has 20 heteroatoms. The van der Waals surface area contributed by atoms with Gasteiger partial charge in [0.15, 0.2) is 12.5 Å². The predicted molar refractivity (Wildman–Crippen MR) is 538 cm³/mol. The molecule has 0 aromatic carbocycles. The van der Waals surface area contributed by atoms with Crippen molar-refractivity contribution in [3.8, 4) is 0 Å². The van der Waals surface area contributed by atoms with Crippen molar-refractivity contribution < 1.29 is 81.2 Å². The topological polar surface area (TPSA) is 260 Å². The van der Waals surface area contributed by atoms with Gasteiger partial charge in [0, 0.05) is 6.92 Å². The van der Waals surface area contributed by atoms with E-state index < -0.39 is 96.2 Å². The molecule has 0 aliphatic carbocycles. The maximum atomic E-state index is 15.6. The second kappa shape index (κ2) is 69.5. The van der Waals surface area contributed by atoms with Crippen LogP contribution in [-0.2, 0) is 41.5 Å². The minimum atomic E-state index is -5.66. The number of phosphoric ester groups is 2. The normalized spacial score (nSPS) is 22.7. The Kier molecular flexibility index (Phi) is 64.5. The monoisotopic (exact) mass is 1840 g/mol. The molecule has 2 aliphatic heterocycles. The van der Waals surface area contributed by atoms with Gasteiger partial charge >= 0.3 is 15.6 Å². The van der Waals surface area contributed by atoms with E-state index in [0.717, 1.165) is 219 Å². The van der Waals surface area contributed by atoms with Crippen molar-refractivity contribution in [1.82, 2.24) is 5.32 Å². The van der Waals surface area contributed by atoms with Crippen LogP contribution in [0.25, 0.3) is 0 Å². The summed E-state index contributed by atoms with van der Waals surface area (Å²) >= 11 is 0. The molecule has 2 rings (SSSR count). The fraction of sp³-hybridized carbons (Fsp3) is 0.661. The first-order chi connectivity index (χ1) is 61.1. The smallest absolute Gasteiger partial charge is 0.394 e. The lowest BCUT2D eigenvalue weighted by atomic mass is 9.95. The van der Waals surface area contributed by atoms with Gasteiger partial charge in [0.05, 0.1) is 19.8 Å². The van der Waals surface area contributed by atoms with Gasteiger partial charge in [-0.25, -0.2) is 13.5 Å². The van der Waals surface area contributed by atoms with Gasteiger partial charge in [-0.3, -0.25) is 13.8 Å². The number of alkyl halides is 1. The van der Waals surface area contributed by atoms with Crippen LogP contribution in [0.4, 0.5) is 4.39 Å². The summed E-state index contributed by atoms with van der Waals surface area (Å²) in [5, 5.41) is 53.7. The Balaban J connectivity index is 1.56. The van der Waals surface area contributed by atoms with E-state index >= 15 is 4.39 Å². The van der Waals surface area contributed by atoms with Crippen molar-refractivity contribution in [2.24, 2.45) is 5.92 Å². The van der Waals surface area contributed by atoms with Crippen molar-refractivity contribution in [2.45, 2.75) is 444 Å². The highest BCUT2D eigenvalue weighted by Gasteiger charge is 2.54. The number of ether oxygens (including phenoxy) is 3. The van der Waals surface area contributed by atoms with E-state index in [1.54, 1.807) is 0 Å². The number of hydrogen-bond acceptors (Lipinski definition) is 14. The van der Waals surface area contributed by atoms with Crippen LogP contribution in [0.1, 0.15) is 383 Å². The average molecular weight is 1840 g/mol. The van der Waals surface area contributed by atoms with Crippen molar-refractivity contribution in [3.63, 3.8) is 0 Å². The molecule has 129 heavy (non-hydrogen) atoms. The summed E-state index contributed by atoms with van der Waals surface area (Å²) in [5.41, 5.74) is 26.5. The minimum Gasteiger partial charge on any atom is -0.394 e. The Hall–Kier alpha value is -5.34. The summed E-state index contributed by atoms with van der Waals surface area (Å²) in [5.74, 6) is -0.675. The number of halogens is 1. The van der Waals surface area contributed by atoms with E-state index in [0.29, 0.717) is 6.42 Å². The van der Waals surface area contributed by atoms with E-state index in [4.69, 9.17) is 23.3 Å². The lowest BCUT2D eigenvalue weighted by Crippen LogP contribution is -2.67. The van der Waals surface area contributed by atoms with E-state index in [9.17, 15) is 49.2 Å². The van der Waals surface area contributed by atoms with Gasteiger partial charge in [0.25, 0.3) is 0 Å². The maximum Gasteiger partial charge on any atom is 0.483 e. The van der Waals surface area contributed by atoms with Crippen LogP contribution in [0.3, 0.4) is 0 Å². The summed E-state index contributed by atoms with van der Waals surface area (Å²) in [6.07, 6.45) is 65.5. The first-order valence-electron chi connectivity index (χ1n) is 48.7. The number of aliphatic hydroxyl groups is 5. The zero-order valence-electron chi connectivity index (χ0n) is 84.1. The first kappa shape index (κ1) is 120. The Bertz CT molecular complexity index is 3950. The first-order valence-corrected chi connectivity index (χ1v) is 51.7. The maximum absolute atomic E-state index is 15.6. The number of aliphatic hydroxyl groups excluding tert-OH is 5. The van der Waals surface area contributed by atoms with Crippen molar-refractivity contribution >= 4 is 21.6 Å². The zero-order chi connectivity index (χ0) is 96.3. The largest absolute Gasteiger partial charge is 0.483 e. The van der Waals surface area contributed by atoms with E-state index in [2.05, 4.69) is 251 Å². The molecule has 17 nitrogen and oxygen atoms in total. The number of hydrogen-bond donors (Lipinski definition) is 8. The van der Waals surface area contributed by atoms with Gasteiger partial charge in [-0.1, -0.05) is 217 Å². The zero-order valence-corrected chi connectivity index (χ0v) is 85.9. The van der Waals surface area contributed by atoms with Crippen molar-refractivity contribution in [2.75, 3.05) is 19.8 Å². The average Bonchev–Trinajstić information content (AvgIpc) is 0.778. The quantitative estimate of drug-likeness (QED) is 0.0208. The van der Waals surface area contributed by atoms with Crippen LogP contribution in [0.2, 0.25) is 0 Å². The van der Waals surface area contributed by atoms with E-state index in [1.807, 2.05) is 6.92 Å². The summed E-state index contributed by atoms with van der Waals surface area (Å²) in [7, 11) is -10.9. The standard InChI is InChI=1S/C109H180FNO16P2/c1-80(2)40-22-41-81(3)42-23-43-82(4)44-24-45-83(5)46-25-47-84(6)48-26-49-85(7)50-27-51-86(8)52-28-53-87(9)54-29-55-88(10)56-30-57-89(11)58-31-59-90(12)60-32-61-91(13)62-33-63-92(14)64-34-65-93(15)66-35-67-94(16)68-36-69-95(17)70-37-71-96(18)72-38-73-97(19)74-39-75-98(20)76-77-122-128(118,119)127-129(120,121)126-108-102(110)105(116)107(101(79-113)124-108)125-109-103(111-99(21)114)106(117)104(115)100(78-112)123-109/h40,42,44,46,48,50,52,54,56,58,60,62,64,66,68,70,72,74,98,100-109,112-113,115-117H,22-39,41,43,45,47,49,51,53,55,57,59,61,63,65,67,69,71,73,75-79H2,1-21H3,(H,111,114)(H,118,119)(H,120,121)/b81-42+,82-44+,83-46-,84-48-,85-50-,86-52-,87-54-,88-56-,89-58-,90-60-,91-62-,92-64-,93-66-,94-68-,95-70-,96-72-,97-74-/t98-,100+,101+,102+,103+,104+,105+,106+,107+,108+,109-/m0/s1. The van der Waals surface area contributed by atoms with Crippen LogP contribution in [0, 0.1) is 5.92 Å². The molecule has 2 fully saturated rings. The van der Waals surface area contributed by atoms with Crippen LogP contribution in [0.15, 0.2) is 210 Å². The summed E-state index contributed by atoms with van der Waals surface area (Å²) in [4.78, 5) is 32.5. The molecule has 1 amide bonds. The Labute approximate surface area is 783 Å². The van der Waals surface area contributed by atoms with Crippen LogP contribution >= 0.6 is 15.6 Å². The molecule has 2 unspecified atom stereocenters. The highest BCUT2D eigenvalue weighted by Crippen LogP contribution is 2.61. The molecule has 0 aromatic rings. The third kappa shape index (κ3) is 59.9. The van der Waals surface area contributed by atoms with Gasteiger partial charge < -0.3 is 54.8 Å². The molecule has 0 saturated carbocycles. The number of allylic oxidation sites excluding steroid dienone is 36. The van der Waals surface area contributed by atoms with E-state index in [1.165, 1.54) is 120 Å². The molecule has 2 saturated heterocycles. The van der Waals surface area contributed by atoms with Crippen molar-refractivity contribution in [1.29, 1.82) is 0 Å². The molecule has 13 atom stereocenters. The third-order valence-corrected chi connectivity index (χ3v) is 27.0. The number of rotatable bonds is 67. The molecular formula is C109H180FNO16P2. The van der Waals surface area contributed by atoms with Crippen LogP contribution in [0.5, 0.6) is 0 Å². The third-order valence-electron chi connectivity index (χ3n) is 24.4. The SMILES string of the molecule is CC(=O)N[C@H]1[C@H](O[C@H]2[C@H](O)[C@@H](F)[C@@H](OP(=O)(O)OP(=O)(O)OCC[C@@H](C)CC/C=C(/C)CC/C=C(/C)CC/C=C(/C)CC/C=C(/C)CC/C=C(/C)CC/C=C(/C)CC/C=C(/C)CC/C=C(/C)CC/C=C(/C)CC/C=C(/C)CC/C=C(/C)CC/C=C(/C)CC/C=C(/C)CC/C=C(/C)CC/C=C(/C)CC/C=C(\C)CC/C=C(\C)CCC=C(C)C)O[C@@H]2CO)O[C@H](CO)[C@@H](O)[C@@H]1O. The summed E-state index contributed by atoms with van der Waals surface area (Å²) in [6, 6.07) is -1.51. The van der Waals surface area contributed by atoms with Gasteiger partial charge in [-0.15, -0.1) is 0 Å². The second-order valence-corrected chi connectivity index (χ2v) is 40.9. The van der Waals surface area contributed by atoms with Gasteiger partial charge in [-0.05, 0) is 375 Å². The number of carbonyl (C=O) groups excluding carboxylic acids is 1. The lowest BCUT2D eigenvalue weighted by Gasteiger charge is -2.46. The van der Waals surface area contributed by atoms with Crippen molar-refractivity contribution in [3.05, 3.63) is 210 Å². The molecule has 0 spiro atoms. The highest BCUT2D eigenvalue weighted by atomic mass is 31.3. The Morgan fingerprint density at radius 3 is 0.822 bits per heavy atom. The molecule has 2 heterocycles. The van der Waals surface area contributed by atoms with Crippen LogP contribution in [-0.4, -0.2) is 122 Å². The number of carbonyl (C=O) groups is 1. The van der Waals surface area contributed by atoms with Crippen LogP contribution < -0.4 is 5.32 Å². The van der Waals surface area contributed by atoms with Gasteiger partial charge in [-0.2, -0.15) is 4.31 Å². The Morgan fingerprint density at radius 2 is 0.581 bits per heavy atom. The predicted octanol–water partition coefficient (Wildman–Crippen LogP) is 29.1. The number of nitrogens with one attached hydrogen (secondary N) is 1. The lowest BCUT2D eigenvalue weighted by molar-refractivity contribution is -0.332.